The molecule has 0 saturated carbocycles. The number of morpholine rings is 1. The van der Waals surface area contributed by atoms with Crippen molar-refractivity contribution in [3.8, 4) is 0 Å². The van der Waals surface area contributed by atoms with Crippen LogP contribution in [0, 0.1) is 13.7 Å². The monoisotopic (exact) mass is 376 g/mol. The second-order valence-electron chi connectivity index (χ2n) is 4.34. The zero-order valence-electron chi connectivity index (χ0n) is 10.3. The van der Waals surface area contributed by atoms with Crippen LogP contribution >= 0.6 is 22.6 Å². The molecule has 7 heteroatoms. The molecule has 102 valence electrons. The Labute approximate surface area is 124 Å². The minimum Gasteiger partial charge on any atom is -0.377 e. The Hall–Kier alpha value is -1.22. The number of ether oxygens (including phenoxy) is 1. The van der Waals surface area contributed by atoms with Crippen LogP contribution in [0.2, 0.25) is 0 Å². The number of rotatable bonds is 2. The topological polar surface area (TPSA) is 72.7 Å². The van der Waals surface area contributed by atoms with E-state index in [-0.39, 0.29) is 17.6 Å². The molecule has 1 heterocycles. The molecule has 19 heavy (non-hydrogen) atoms. The summed E-state index contributed by atoms with van der Waals surface area (Å²) in [7, 11) is 0. The van der Waals surface area contributed by atoms with Gasteiger partial charge in [0.25, 0.3) is 11.6 Å². The number of amides is 1. The van der Waals surface area contributed by atoms with Gasteiger partial charge >= 0.3 is 0 Å². The van der Waals surface area contributed by atoms with Crippen molar-refractivity contribution in [2.75, 3.05) is 19.8 Å². The van der Waals surface area contributed by atoms with Crippen molar-refractivity contribution in [1.29, 1.82) is 0 Å². The van der Waals surface area contributed by atoms with E-state index in [4.69, 9.17) is 4.74 Å². The van der Waals surface area contributed by atoms with Crippen molar-refractivity contribution in [2.45, 2.75) is 13.0 Å². The van der Waals surface area contributed by atoms with Gasteiger partial charge in [-0.25, -0.2) is 0 Å². The summed E-state index contributed by atoms with van der Waals surface area (Å²) in [5.41, 5.74) is 0.313. The van der Waals surface area contributed by atoms with Gasteiger partial charge in [-0.2, -0.15) is 0 Å². The molecule has 0 aliphatic carbocycles. The summed E-state index contributed by atoms with van der Waals surface area (Å²) in [5.74, 6) is -0.177. The minimum absolute atomic E-state index is 0.0173. The molecule has 1 aromatic carbocycles. The molecule has 0 bridgehead atoms. The summed E-state index contributed by atoms with van der Waals surface area (Å²) >= 11 is 2.02. The van der Waals surface area contributed by atoms with E-state index in [2.05, 4.69) is 0 Å². The maximum atomic E-state index is 12.4. The quantitative estimate of drug-likeness (QED) is 0.450. The number of hydrogen-bond acceptors (Lipinski definition) is 4. The third-order valence-electron chi connectivity index (χ3n) is 3.02. The molecule has 1 amide bonds. The van der Waals surface area contributed by atoms with Gasteiger partial charge in [0.05, 0.1) is 29.7 Å². The SMILES string of the molecule is CC1COCCN1C(=O)c1cc([N+](=O)[O-])ccc1I. The van der Waals surface area contributed by atoms with Crippen molar-refractivity contribution in [3.63, 3.8) is 0 Å². The molecular formula is C12H13IN2O4. The maximum Gasteiger partial charge on any atom is 0.270 e. The normalized spacial score (nSPS) is 19.3. The highest BCUT2D eigenvalue weighted by Crippen LogP contribution is 2.22. The number of hydrogen-bond donors (Lipinski definition) is 0. The van der Waals surface area contributed by atoms with Gasteiger partial charge in [-0.15, -0.1) is 0 Å². The van der Waals surface area contributed by atoms with Crippen LogP contribution in [-0.4, -0.2) is 41.5 Å². The van der Waals surface area contributed by atoms with Crippen LogP contribution < -0.4 is 0 Å². The number of non-ortho nitro benzene ring substituents is 1. The summed E-state index contributed by atoms with van der Waals surface area (Å²) in [6, 6.07) is 4.32. The number of benzene rings is 1. The molecule has 2 rings (SSSR count). The average molecular weight is 376 g/mol. The first-order valence-electron chi connectivity index (χ1n) is 5.83. The fraction of sp³-hybridized carbons (Fsp3) is 0.417. The lowest BCUT2D eigenvalue weighted by Crippen LogP contribution is -2.47. The van der Waals surface area contributed by atoms with E-state index in [1.807, 2.05) is 29.5 Å². The Kier molecular flexibility index (Phi) is 4.35. The summed E-state index contributed by atoms with van der Waals surface area (Å²) in [4.78, 5) is 24.4. The molecule has 0 radical (unpaired) electrons. The highest BCUT2D eigenvalue weighted by atomic mass is 127. The van der Waals surface area contributed by atoms with Crippen molar-refractivity contribution in [1.82, 2.24) is 4.90 Å². The van der Waals surface area contributed by atoms with E-state index in [1.165, 1.54) is 12.1 Å². The first-order valence-corrected chi connectivity index (χ1v) is 6.91. The van der Waals surface area contributed by atoms with Gasteiger partial charge in [0.1, 0.15) is 0 Å². The summed E-state index contributed by atoms with van der Waals surface area (Å²) < 4.78 is 6.00. The van der Waals surface area contributed by atoms with Gasteiger partial charge in [-0.3, -0.25) is 14.9 Å². The maximum absolute atomic E-state index is 12.4. The molecule has 1 saturated heterocycles. The molecule has 1 aliphatic rings. The molecular weight excluding hydrogens is 363 g/mol. The fourth-order valence-electron chi connectivity index (χ4n) is 1.97. The molecule has 1 fully saturated rings. The van der Waals surface area contributed by atoms with Gasteiger partial charge in [0.2, 0.25) is 0 Å². The van der Waals surface area contributed by atoms with Crippen LogP contribution in [0.25, 0.3) is 0 Å². The first-order chi connectivity index (χ1) is 9.00. The number of nitro benzene ring substituents is 1. The van der Waals surface area contributed by atoms with Crippen LogP contribution in [0.1, 0.15) is 17.3 Å². The van der Waals surface area contributed by atoms with E-state index < -0.39 is 4.92 Å². The van der Waals surface area contributed by atoms with Crippen LogP contribution in [0.3, 0.4) is 0 Å². The van der Waals surface area contributed by atoms with Gasteiger partial charge in [0, 0.05) is 22.2 Å². The number of nitrogens with zero attached hydrogens (tertiary/aromatic N) is 2. The average Bonchev–Trinajstić information content (AvgIpc) is 2.38. The van der Waals surface area contributed by atoms with Crippen LogP contribution in [0.5, 0.6) is 0 Å². The number of nitro groups is 1. The van der Waals surface area contributed by atoms with Crippen molar-refractivity contribution in [3.05, 3.63) is 37.4 Å². The zero-order valence-corrected chi connectivity index (χ0v) is 12.5. The molecule has 1 aliphatic heterocycles. The summed E-state index contributed by atoms with van der Waals surface area (Å²) in [6.45, 7) is 3.42. The third kappa shape index (κ3) is 3.03. The Bertz CT molecular complexity index is 520. The Morgan fingerprint density at radius 2 is 2.32 bits per heavy atom. The molecule has 1 atom stereocenters. The molecule has 6 nitrogen and oxygen atoms in total. The molecule has 1 unspecified atom stereocenters. The summed E-state index contributed by atoms with van der Waals surface area (Å²) in [6.07, 6.45) is 0. The number of carbonyl (C=O) groups excluding carboxylic acids is 1. The smallest absolute Gasteiger partial charge is 0.270 e. The van der Waals surface area contributed by atoms with Gasteiger partial charge in [0.15, 0.2) is 0 Å². The standard InChI is InChI=1S/C12H13IN2O4/c1-8-7-19-5-4-14(8)12(16)10-6-9(15(17)18)2-3-11(10)13/h2-3,6,8H,4-5,7H2,1H3. The van der Waals surface area contributed by atoms with Gasteiger partial charge < -0.3 is 9.64 Å². The van der Waals surface area contributed by atoms with Gasteiger partial charge in [-0.05, 0) is 35.6 Å². The summed E-state index contributed by atoms with van der Waals surface area (Å²) in [5, 5.41) is 10.8. The van der Waals surface area contributed by atoms with Gasteiger partial charge in [-0.1, -0.05) is 0 Å². The molecule has 1 aromatic rings. The van der Waals surface area contributed by atoms with Crippen molar-refractivity contribution >= 4 is 34.2 Å². The third-order valence-corrected chi connectivity index (χ3v) is 3.96. The number of carbonyl (C=O) groups is 1. The lowest BCUT2D eigenvalue weighted by atomic mass is 10.1. The predicted octanol–water partition coefficient (Wildman–Crippen LogP) is 2.06. The van der Waals surface area contributed by atoms with E-state index >= 15 is 0 Å². The molecule has 0 aromatic heterocycles. The fourth-order valence-corrected chi connectivity index (χ4v) is 2.54. The highest BCUT2D eigenvalue weighted by molar-refractivity contribution is 14.1. The Morgan fingerprint density at radius 1 is 1.58 bits per heavy atom. The van der Waals surface area contributed by atoms with Crippen molar-refractivity contribution < 1.29 is 14.5 Å². The first kappa shape index (κ1) is 14.2. The van der Waals surface area contributed by atoms with E-state index in [0.717, 1.165) is 0 Å². The molecule has 0 spiro atoms. The van der Waals surface area contributed by atoms with Crippen LogP contribution in [0.4, 0.5) is 5.69 Å². The minimum atomic E-state index is -0.490. The largest absolute Gasteiger partial charge is 0.377 e. The van der Waals surface area contributed by atoms with Crippen LogP contribution in [-0.2, 0) is 4.74 Å². The molecule has 0 N–H and O–H groups in total. The Balaban J connectivity index is 2.32. The zero-order chi connectivity index (χ0) is 14.0. The van der Waals surface area contributed by atoms with Crippen LogP contribution in [0.15, 0.2) is 18.2 Å². The second-order valence-corrected chi connectivity index (χ2v) is 5.51. The predicted molar refractivity (Wildman–Crippen MR) is 77.1 cm³/mol. The van der Waals surface area contributed by atoms with E-state index in [0.29, 0.717) is 28.9 Å². The van der Waals surface area contributed by atoms with E-state index in [1.54, 1.807) is 11.0 Å². The lowest BCUT2D eigenvalue weighted by molar-refractivity contribution is -0.384. The van der Waals surface area contributed by atoms with E-state index in [9.17, 15) is 14.9 Å². The van der Waals surface area contributed by atoms with Crippen molar-refractivity contribution in [2.24, 2.45) is 0 Å². The highest BCUT2D eigenvalue weighted by Gasteiger charge is 2.27. The Morgan fingerprint density at radius 3 is 2.95 bits per heavy atom. The second kappa shape index (κ2) is 5.83. The lowest BCUT2D eigenvalue weighted by Gasteiger charge is -2.33. The number of halogens is 1.